The molecule has 32 heavy (non-hydrogen) atoms. The van der Waals surface area contributed by atoms with Crippen LogP contribution in [0.4, 0.5) is 0 Å². The van der Waals surface area contributed by atoms with E-state index in [1.54, 1.807) is 29.5 Å². The molecule has 1 N–H and O–H groups in total. The fourth-order valence-corrected chi connectivity index (χ4v) is 6.72. The third-order valence-corrected chi connectivity index (χ3v) is 8.36. The molecule has 0 bridgehead atoms. The van der Waals surface area contributed by atoms with Crippen molar-refractivity contribution < 1.29 is 5.11 Å². The van der Waals surface area contributed by atoms with Gasteiger partial charge < -0.3 is 5.11 Å². The number of allylic oxidation sites excluding steroid dienone is 1. The number of rotatable bonds is 2. The van der Waals surface area contributed by atoms with Crippen molar-refractivity contribution in [3.63, 3.8) is 0 Å². The molecule has 0 amide bonds. The molecule has 1 aliphatic heterocycles. The number of fused-ring (bicyclic) bond motifs is 3. The Hall–Kier alpha value is -2.74. The van der Waals surface area contributed by atoms with E-state index in [1.807, 2.05) is 16.7 Å². The Morgan fingerprint density at radius 1 is 1.12 bits per heavy atom. The van der Waals surface area contributed by atoms with E-state index in [0.29, 0.717) is 14.9 Å². The number of aryl methyl sites for hydroxylation is 1. The molecular formula is C25H17BrN2O2S2. The lowest BCUT2D eigenvalue weighted by Gasteiger charge is -2.30. The van der Waals surface area contributed by atoms with E-state index in [9.17, 15) is 9.90 Å². The summed E-state index contributed by atoms with van der Waals surface area (Å²) in [6, 6.07) is 17.6. The molecule has 0 fully saturated rings. The number of hydrogen-bond acceptors (Lipinski definition) is 5. The number of phenols is 1. The highest BCUT2D eigenvalue weighted by Gasteiger charge is 2.32. The molecular weight excluding hydrogens is 504 g/mol. The quantitative estimate of drug-likeness (QED) is 0.410. The Morgan fingerprint density at radius 3 is 2.84 bits per heavy atom. The Kier molecular flexibility index (Phi) is 4.78. The number of hydrogen-bond donors (Lipinski definition) is 1. The monoisotopic (exact) mass is 520 g/mol. The zero-order valence-corrected chi connectivity index (χ0v) is 20.0. The van der Waals surface area contributed by atoms with E-state index >= 15 is 0 Å². The number of aromatic nitrogens is 1. The minimum absolute atomic E-state index is 0.0723. The summed E-state index contributed by atoms with van der Waals surface area (Å²) < 4.78 is 3.24. The first kappa shape index (κ1) is 19.9. The van der Waals surface area contributed by atoms with E-state index in [-0.39, 0.29) is 17.4 Å². The third kappa shape index (κ3) is 3.15. The van der Waals surface area contributed by atoms with Crippen molar-refractivity contribution in [3.05, 3.63) is 111 Å². The topological polar surface area (TPSA) is 54.6 Å². The van der Waals surface area contributed by atoms with Crippen LogP contribution in [-0.4, -0.2) is 9.67 Å². The van der Waals surface area contributed by atoms with Crippen LogP contribution in [0.15, 0.2) is 79.8 Å². The highest BCUT2D eigenvalue weighted by molar-refractivity contribution is 9.10. The van der Waals surface area contributed by atoms with Gasteiger partial charge in [0.2, 0.25) is 0 Å². The molecule has 1 atom stereocenters. The Morgan fingerprint density at radius 2 is 2.00 bits per heavy atom. The largest absolute Gasteiger partial charge is 0.507 e. The van der Waals surface area contributed by atoms with Gasteiger partial charge in [-0.05, 0) is 59.7 Å². The molecule has 158 valence electrons. The maximum atomic E-state index is 13.6. The van der Waals surface area contributed by atoms with Crippen molar-refractivity contribution in [1.29, 1.82) is 0 Å². The van der Waals surface area contributed by atoms with Gasteiger partial charge in [-0.15, -0.1) is 11.3 Å². The van der Waals surface area contributed by atoms with Crippen LogP contribution in [0.3, 0.4) is 0 Å². The van der Waals surface area contributed by atoms with Gasteiger partial charge in [0.1, 0.15) is 5.75 Å². The van der Waals surface area contributed by atoms with Crippen molar-refractivity contribution in [1.82, 2.24) is 4.57 Å². The summed E-state index contributed by atoms with van der Waals surface area (Å²) in [4.78, 5) is 20.5. The number of nitrogens with zero attached hydrogens (tertiary/aromatic N) is 2. The molecule has 0 radical (unpaired) electrons. The SMILES string of the molecule is O=c1/c(=C\c2cc(Br)ccc2O)sc2n1[C@@H](c1cccs1)C1=C(N=2)c2ccccc2CC1. The average molecular weight is 521 g/mol. The molecule has 0 unspecified atom stereocenters. The molecule has 3 heterocycles. The van der Waals surface area contributed by atoms with E-state index < -0.39 is 0 Å². The lowest BCUT2D eigenvalue weighted by Crippen LogP contribution is -2.38. The van der Waals surface area contributed by atoms with E-state index in [2.05, 4.69) is 51.6 Å². The van der Waals surface area contributed by atoms with Gasteiger partial charge in [0, 0.05) is 20.5 Å². The molecule has 4 aromatic rings. The number of benzene rings is 2. The summed E-state index contributed by atoms with van der Waals surface area (Å²) in [5, 5.41) is 12.3. The fourth-order valence-electron chi connectivity index (χ4n) is 4.50. The highest BCUT2D eigenvalue weighted by Crippen LogP contribution is 2.42. The Balaban J connectivity index is 1.63. The van der Waals surface area contributed by atoms with Crippen LogP contribution in [0.25, 0.3) is 11.8 Å². The lowest BCUT2D eigenvalue weighted by molar-refractivity contribution is 0.474. The molecule has 0 spiro atoms. The zero-order valence-electron chi connectivity index (χ0n) is 16.8. The third-order valence-electron chi connectivity index (χ3n) is 5.96. The molecule has 0 saturated carbocycles. The standard InChI is InChI=1S/C25H17BrN2O2S2/c26-16-8-10-19(29)15(12-16)13-21-24(30)28-23(20-6-3-11-31-20)18-9-7-14-4-1-2-5-17(14)22(18)27-25(28)32-21/h1-6,8,10-13,23,29H,7,9H2/b21-13+/t23-/m1/s1. The number of thiophene rings is 1. The van der Waals surface area contributed by atoms with Crippen LogP contribution >= 0.6 is 38.6 Å². The van der Waals surface area contributed by atoms with Gasteiger partial charge in [0.15, 0.2) is 4.80 Å². The number of thiazole rings is 1. The molecule has 1 aliphatic carbocycles. The molecule has 6 rings (SSSR count). The summed E-state index contributed by atoms with van der Waals surface area (Å²) in [5.41, 5.74) is 5.21. The highest BCUT2D eigenvalue weighted by atomic mass is 79.9. The van der Waals surface area contributed by atoms with E-state index in [1.165, 1.54) is 22.5 Å². The fraction of sp³-hybridized carbons (Fsp3) is 0.120. The van der Waals surface area contributed by atoms with Crippen molar-refractivity contribution >= 4 is 50.4 Å². The van der Waals surface area contributed by atoms with Crippen LogP contribution in [0.1, 0.15) is 34.0 Å². The average Bonchev–Trinajstić information content (AvgIpc) is 3.43. The molecule has 0 saturated heterocycles. The summed E-state index contributed by atoms with van der Waals surface area (Å²) in [7, 11) is 0. The summed E-state index contributed by atoms with van der Waals surface area (Å²) in [6.45, 7) is 0. The van der Waals surface area contributed by atoms with Crippen molar-refractivity contribution in [2.75, 3.05) is 0 Å². The second-order valence-corrected chi connectivity index (χ2v) is 10.7. The molecule has 2 aromatic heterocycles. The van der Waals surface area contributed by atoms with Gasteiger partial charge in [0.25, 0.3) is 5.56 Å². The van der Waals surface area contributed by atoms with Crippen LogP contribution in [0.2, 0.25) is 0 Å². The predicted octanol–water partition coefficient (Wildman–Crippen LogP) is 4.85. The van der Waals surface area contributed by atoms with Crippen LogP contribution in [0, 0.1) is 0 Å². The maximum absolute atomic E-state index is 13.6. The number of phenolic OH excluding ortho intramolecular Hbond substituents is 1. The maximum Gasteiger partial charge on any atom is 0.271 e. The van der Waals surface area contributed by atoms with Crippen LogP contribution in [-0.2, 0) is 6.42 Å². The van der Waals surface area contributed by atoms with Crippen molar-refractivity contribution in [2.24, 2.45) is 4.99 Å². The van der Waals surface area contributed by atoms with Crippen molar-refractivity contribution in [2.45, 2.75) is 18.9 Å². The van der Waals surface area contributed by atoms with Gasteiger partial charge in [-0.3, -0.25) is 9.36 Å². The Labute approximate surface area is 200 Å². The molecule has 4 nitrogen and oxygen atoms in total. The molecule has 7 heteroatoms. The first-order valence-corrected chi connectivity index (χ1v) is 12.7. The predicted molar refractivity (Wildman–Crippen MR) is 133 cm³/mol. The van der Waals surface area contributed by atoms with Gasteiger partial charge >= 0.3 is 0 Å². The molecule has 2 aromatic carbocycles. The van der Waals surface area contributed by atoms with Crippen LogP contribution in [0.5, 0.6) is 5.75 Å². The lowest BCUT2D eigenvalue weighted by atomic mass is 9.85. The van der Waals surface area contributed by atoms with Crippen LogP contribution < -0.4 is 14.9 Å². The van der Waals surface area contributed by atoms with Gasteiger partial charge in [-0.1, -0.05) is 57.6 Å². The second-order valence-electron chi connectivity index (χ2n) is 7.83. The number of halogens is 1. The van der Waals surface area contributed by atoms with E-state index in [4.69, 9.17) is 4.99 Å². The van der Waals surface area contributed by atoms with Gasteiger partial charge in [-0.25, -0.2) is 4.99 Å². The Bertz CT molecular complexity index is 1580. The minimum Gasteiger partial charge on any atom is -0.507 e. The molecule has 2 aliphatic rings. The minimum atomic E-state index is -0.145. The summed E-state index contributed by atoms with van der Waals surface area (Å²) in [6.07, 6.45) is 3.59. The summed E-state index contributed by atoms with van der Waals surface area (Å²) >= 11 is 6.49. The van der Waals surface area contributed by atoms with Crippen molar-refractivity contribution in [3.8, 4) is 5.75 Å². The normalized spacial score (nSPS) is 17.5. The summed E-state index contributed by atoms with van der Waals surface area (Å²) in [5.74, 6) is 0.141. The zero-order chi connectivity index (χ0) is 21.8. The van der Waals surface area contributed by atoms with Gasteiger partial charge in [0.05, 0.1) is 16.3 Å². The smallest absolute Gasteiger partial charge is 0.271 e. The number of aromatic hydroxyl groups is 1. The van der Waals surface area contributed by atoms with E-state index in [0.717, 1.165) is 33.5 Å². The second kappa shape index (κ2) is 7.69. The van der Waals surface area contributed by atoms with Gasteiger partial charge in [-0.2, -0.15) is 0 Å². The first-order chi connectivity index (χ1) is 15.6. The first-order valence-electron chi connectivity index (χ1n) is 10.2.